The van der Waals surface area contributed by atoms with Crippen molar-refractivity contribution < 1.29 is 4.39 Å². The lowest BCUT2D eigenvalue weighted by Gasteiger charge is -2.46. The maximum Gasteiger partial charge on any atom is 0.128 e. The molecule has 0 amide bonds. The van der Waals surface area contributed by atoms with Crippen molar-refractivity contribution in [3.8, 4) is 0 Å². The zero-order valence-electron chi connectivity index (χ0n) is 12.9. The van der Waals surface area contributed by atoms with E-state index < -0.39 is 0 Å². The Kier molecular flexibility index (Phi) is 4.60. The highest BCUT2D eigenvalue weighted by molar-refractivity contribution is 5.22. The van der Waals surface area contributed by atoms with Crippen molar-refractivity contribution in [2.45, 2.75) is 51.0 Å². The van der Waals surface area contributed by atoms with Gasteiger partial charge in [0.25, 0.3) is 0 Å². The smallest absolute Gasteiger partial charge is 0.128 e. The van der Waals surface area contributed by atoms with E-state index in [0.29, 0.717) is 12.0 Å². The second-order valence-electron chi connectivity index (χ2n) is 6.87. The monoisotopic (exact) mass is 290 g/mol. The molecule has 2 fully saturated rings. The molecule has 1 atom stereocenters. The van der Waals surface area contributed by atoms with Crippen molar-refractivity contribution in [2.24, 2.45) is 11.1 Å². The molecule has 1 aromatic rings. The average Bonchev–Trinajstić information content (AvgIpc) is 2.53. The molecule has 116 valence electrons. The Morgan fingerprint density at radius 3 is 2.33 bits per heavy atom. The van der Waals surface area contributed by atoms with Crippen LogP contribution < -0.4 is 5.73 Å². The summed E-state index contributed by atoms with van der Waals surface area (Å²) in [5, 5.41) is 0. The van der Waals surface area contributed by atoms with Crippen LogP contribution in [-0.4, -0.2) is 24.5 Å². The second kappa shape index (κ2) is 6.45. The van der Waals surface area contributed by atoms with Gasteiger partial charge >= 0.3 is 0 Å². The minimum Gasteiger partial charge on any atom is -0.329 e. The molecule has 1 unspecified atom stereocenters. The summed E-state index contributed by atoms with van der Waals surface area (Å²) in [4.78, 5) is 2.40. The minimum absolute atomic E-state index is 0.0344. The molecule has 1 saturated carbocycles. The van der Waals surface area contributed by atoms with Gasteiger partial charge in [-0.2, -0.15) is 0 Å². The third-order valence-corrected chi connectivity index (χ3v) is 5.70. The number of piperidine rings is 1. The molecule has 3 heteroatoms. The van der Waals surface area contributed by atoms with Gasteiger partial charge in [-0.1, -0.05) is 37.5 Å². The van der Waals surface area contributed by atoms with Crippen LogP contribution in [0.15, 0.2) is 24.3 Å². The number of likely N-dealkylation sites (tertiary alicyclic amines) is 1. The van der Waals surface area contributed by atoms with Crippen LogP contribution in [0, 0.1) is 11.2 Å². The van der Waals surface area contributed by atoms with Crippen molar-refractivity contribution in [2.75, 3.05) is 19.6 Å². The van der Waals surface area contributed by atoms with Gasteiger partial charge in [0.15, 0.2) is 0 Å². The Morgan fingerprint density at radius 2 is 1.71 bits per heavy atom. The van der Waals surface area contributed by atoms with Crippen LogP contribution in [0.1, 0.15) is 56.6 Å². The van der Waals surface area contributed by atoms with Gasteiger partial charge in [0.05, 0.1) is 0 Å². The first-order valence-corrected chi connectivity index (χ1v) is 8.43. The molecular formula is C18H27FN2. The number of nitrogens with two attached hydrogens (primary N) is 1. The van der Waals surface area contributed by atoms with E-state index >= 15 is 0 Å². The molecule has 0 bridgehead atoms. The fourth-order valence-electron chi connectivity index (χ4n) is 4.33. The van der Waals surface area contributed by atoms with E-state index in [9.17, 15) is 4.39 Å². The average molecular weight is 290 g/mol. The topological polar surface area (TPSA) is 29.3 Å². The summed E-state index contributed by atoms with van der Waals surface area (Å²) in [5.74, 6) is -0.120. The van der Waals surface area contributed by atoms with Crippen molar-refractivity contribution >= 4 is 0 Å². The van der Waals surface area contributed by atoms with Gasteiger partial charge in [-0.25, -0.2) is 4.39 Å². The SMILES string of the molecule is NCC(c1ccccc1F)N1CCC2(CCCCC2)CC1. The van der Waals surface area contributed by atoms with Crippen LogP contribution in [0.3, 0.4) is 0 Å². The van der Waals surface area contributed by atoms with E-state index in [1.54, 1.807) is 12.1 Å². The molecule has 3 rings (SSSR count). The molecule has 1 saturated heterocycles. The van der Waals surface area contributed by atoms with Gasteiger partial charge in [0.1, 0.15) is 5.82 Å². The van der Waals surface area contributed by atoms with Crippen molar-refractivity contribution in [1.82, 2.24) is 4.90 Å². The van der Waals surface area contributed by atoms with E-state index in [1.165, 1.54) is 44.9 Å². The number of hydrogen-bond acceptors (Lipinski definition) is 2. The van der Waals surface area contributed by atoms with Gasteiger partial charge < -0.3 is 5.73 Å². The van der Waals surface area contributed by atoms with Crippen LogP contribution in [0.2, 0.25) is 0 Å². The third kappa shape index (κ3) is 3.14. The molecule has 0 aromatic heterocycles. The van der Waals surface area contributed by atoms with E-state index in [-0.39, 0.29) is 11.9 Å². The predicted octanol–water partition coefficient (Wildman–Crippen LogP) is 3.87. The summed E-state index contributed by atoms with van der Waals surface area (Å²) in [5.41, 5.74) is 7.32. The maximum atomic E-state index is 14.0. The first kappa shape index (κ1) is 15.0. The van der Waals surface area contributed by atoms with Crippen LogP contribution in [0.4, 0.5) is 4.39 Å². The van der Waals surface area contributed by atoms with E-state index in [1.807, 2.05) is 12.1 Å². The van der Waals surface area contributed by atoms with Crippen molar-refractivity contribution in [3.05, 3.63) is 35.6 Å². The molecule has 1 heterocycles. The minimum atomic E-state index is -0.120. The molecule has 1 aliphatic carbocycles. The zero-order valence-corrected chi connectivity index (χ0v) is 12.9. The third-order valence-electron chi connectivity index (χ3n) is 5.70. The molecular weight excluding hydrogens is 263 g/mol. The first-order valence-electron chi connectivity index (χ1n) is 8.43. The lowest BCUT2D eigenvalue weighted by molar-refractivity contribution is 0.0456. The summed E-state index contributed by atoms with van der Waals surface area (Å²) < 4.78 is 14.0. The lowest BCUT2D eigenvalue weighted by Crippen LogP contribution is -2.44. The van der Waals surface area contributed by atoms with E-state index in [2.05, 4.69) is 4.90 Å². The Labute approximate surface area is 127 Å². The highest BCUT2D eigenvalue weighted by Crippen LogP contribution is 2.45. The quantitative estimate of drug-likeness (QED) is 0.915. The molecule has 2 aliphatic rings. The first-order chi connectivity index (χ1) is 10.2. The van der Waals surface area contributed by atoms with Gasteiger partial charge in [0.2, 0.25) is 0 Å². The van der Waals surface area contributed by atoms with Gasteiger partial charge in [-0.3, -0.25) is 4.90 Å². The molecule has 2 N–H and O–H groups in total. The van der Waals surface area contributed by atoms with Crippen LogP contribution in [0.25, 0.3) is 0 Å². The normalized spacial score (nSPS) is 24.1. The van der Waals surface area contributed by atoms with Crippen LogP contribution >= 0.6 is 0 Å². The Bertz CT molecular complexity index is 458. The van der Waals surface area contributed by atoms with E-state index in [0.717, 1.165) is 18.7 Å². The standard InChI is InChI=1S/C18H27FN2/c19-16-7-3-2-6-15(16)17(14-20)21-12-10-18(11-13-21)8-4-1-5-9-18/h2-3,6-7,17H,1,4-5,8-14,20H2. The highest BCUT2D eigenvalue weighted by atomic mass is 19.1. The number of rotatable bonds is 3. The Hall–Kier alpha value is -0.930. The molecule has 1 aliphatic heterocycles. The number of benzene rings is 1. The van der Waals surface area contributed by atoms with Gasteiger partial charge in [-0.15, -0.1) is 0 Å². The molecule has 0 radical (unpaired) electrons. The fourth-order valence-corrected chi connectivity index (χ4v) is 4.33. The number of nitrogens with zero attached hydrogens (tertiary/aromatic N) is 1. The molecule has 2 nitrogen and oxygen atoms in total. The molecule has 1 spiro atoms. The lowest BCUT2D eigenvalue weighted by atomic mass is 9.68. The fraction of sp³-hybridized carbons (Fsp3) is 0.667. The zero-order chi connectivity index (χ0) is 14.7. The number of hydrogen-bond donors (Lipinski definition) is 1. The maximum absolute atomic E-state index is 14.0. The second-order valence-corrected chi connectivity index (χ2v) is 6.87. The summed E-state index contributed by atoms with van der Waals surface area (Å²) >= 11 is 0. The molecule has 21 heavy (non-hydrogen) atoms. The van der Waals surface area contributed by atoms with Gasteiger partial charge in [-0.05, 0) is 50.3 Å². The van der Waals surface area contributed by atoms with Crippen molar-refractivity contribution in [3.63, 3.8) is 0 Å². The van der Waals surface area contributed by atoms with E-state index in [4.69, 9.17) is 5.73 Å². The largest absolute Gasteiger partial charge is 0.329 e. The summed E-state index contributed by atoms with van der Waals surface area (Å²) in [7, 11) is 0. The van der Waals surface area contributed by atoms with Gasteiger partial charge in [0, 0.05) is 18.2 Å². The molecule has 1 aromatic carbocycles. The van der Waals surface area contributed by atoms with Crippen LogP contribution in [-0.2, 0) is 0 Å². The predicted molar refractivity (Wildman–Crippen MR) is 84.5 cm³/mol. The Balaban J connectivity index is 1.68. The number of halogens is 1. The Morgan fingerprint density at radius 1 is 1.05 bits per heavy atom. The summed E-state index contributed by atoms with van der Waals surface area (Å²) in [6.45, 7) is 2.63. The highest BCUT2D eigenvalue weighted by Gasteiger charge is 2.37. The van der Waals surface area contributed by atoms with Crippen LogP contribution in [0.5, 0.6) is 0 Å². The summed E-state index contributed by atoms with van der Waals surface area (Å²) in [6.07, 6.45) is 9.52. The van der Waals surface area contributed by atoms with Crippen molar-refractivity contribution in [1.29, 1.82) is 0 Å². The summed E-state index contributed by atoms with van der Waals surface area (Å²) in [6, 6.07) is 7.13.